The zero-order chi connectivity index (χ0) is 11.7. The maximum atomic E-state index is 5.05. The second-order valence-corrected chi connectivity index (χ2v) is 4.01. The van der Waals surface area contributed by atoms with Gasteiger partial charge in [-0.1, -0.05) is 6.58 Å². The third kappa shape index (κ3) is 1.81. The molecule has 0 saturated carbocycles. The number of H-pyrrole nitrogens is 1. The summed E-state index contributed by atoms with van der Waals surface area (Å²) in [6, 6.07) is 3.89. The lowest BCUT2D eigenvalue weighted by atomic mass is 10.2. The van der Waals surface area contributed by atoms with Gasteiger partial charge in [0, 0.05) is 18.8 Å². The van der Waals surface area contributed by atoms with Crippen molar-refractivity contribution in [1.82, 2.24) is 19.7 Å². The molecule has 82 valence electrons. The first-order valence-electron chi connectivity index (χ1n) is 4.83. The van der Waals surface area contributed by atoms with Crippen molar-refractivity contribution >= 4 is 17.8 Å². The van der Waals surface area contributed by atoms with Crippen molar-refractivity contribution in [3.8, 4) is 11.4 Å². The Kier molecular flexibility index (Phi) is 2.70. The summed E-state index contributed by atoms with van der Waals surface area (Å²) in [5.74, 6) is 0.783. The molecule has 0 spiro atoms. The fraction of sp³-hybridized carbons (Fsp3) is 0.182. The topological polar surface area (TPSA) is 46.5 Å². The number of aromatic nitrogens is 4. The van der Waals surface area contributed by atoms with Crippen molar-refractivity contribution in [2.24, 2.45) is 7.05 Å². The zero-order valence-electron chi connectivity index (χ0n) is 9.19. The van der Waals surface area contributed by atoms with Gasteiger partial charge in [0.15, 0.2) is 10.6 Å². The number of pyridine rings is 1. The molecule has 4 nitrogen and oxygen atoms in total. The molecule has 0 atom stereocenters. The van der Waals surface area contributed by atoms with E-state index < -0.39 is 0 Å². The lowest BCUT2D eigenvalue weighted by Crippen LogP contribution is -1.94. The third-order valence-electron chi connectivity index (χ3n) is 2.34. The van der Waals surface area contributed by atoms with E-state index in [1.807, 2.05) is 30.7 Å². The number of rotatable bonds is 2. The summed E-state index contributed by atoms with van der Waals surface area (Å²) in [5, 5.41) is 6.89. The van der Waals surface area contributed by atoms with Crippen molar-refractivity contribution in [3.63, 3.8) is 0 Å². The van der Waals surface area contributed by atoms with Gasteiger partial charge < -0.3 is 4.57 Å². The molecule has 0 aliphatic heterocycles. The highest BCUT2D eigenvalue weighted by Gasteiger charge is 2.05. The fourth-order valence-electron chi connectivity index (χ4n) is 1.38. The van der Waals surface area contributed by atoms with E-state index in [-0.39, 0.29) is 0 Å². The molecule has 2 rings (SSSR count). The molecule has 0 aliphatic rings. The Morgan fingerprint density at radius 3 is 2.69 bits per heavy atom. The van der Waals surface area contributed by atoms with Gasteiger partial charge in [-0.2, -0.15) is 5.10 Å². The second-order valence-electron chi connectivity index (χ2n) is 3.62. The number of nitrogens with zero attached hydrogens (tertiary/aromatic N) is 3. The Labute approximate surface area is 98.7 Å². The highest BCUT2D eigenvalue weighted by Crippen LogP contribution is 2.17. The standard InChI is InChI=1S/C11H12N4S/c1-7(2)9-5-4-8(6-12-9)10-13-14-11(16)15(10)3/h4-6H,1H2,2-3H3,(H,14,16). The smallest absolute Gasteiger partial charge is 0.195 e. The second kappa shape index (κ2) is 4.02. The molecule has 0 saturated heterocycles. The van der Waals surface area contributed by atoms with Gasteiger partial charge >= 0.3 is 0 Å². The van der Waals surface area contributed by atoms with Crippen LogP contribution in [0.5, 0.6) is 0 Å². The van der Waals surface area contributed by atoms with Crippen molar-refractivity contribution in [2.75, 3.05) is 0 Å². The highest BCUT2D eigenvalue weighted by atomic mass is 32.1. The van der Waals surface area contributed by atoms with E-state index in [9.17, 15) is 0 Å². The minimum absolute atomic E-state index is 0.596. The van der Waals surface area contributed by atoms with Gasteiger partial charge in [0.25, 0.3) is 0 Å². The van der Waals surface area contributed by atoms with Gasteiger partial charge in [0.2, 0.25) is 0 Å². The maximum Gasteiger partial charge on any atom is 0.195 e. The van der Waals surface area contributed by atoms with Crippen LogP contribution in [0, 0.1) is 4.77 Å². The summed E-state index contributed by atoms with van der Waals surface area (Å²) in [4.78, 5) is 4.30. The quantitative estimate of drug-likeness (QED) is 0.809. The maximum absolute atomic E-state index is 5.05. The first kappa shape index (κ1) is 10.8. The van der Waals surface area contributed by atoms with Crippen LogP contribution < -0.4 is 0 Å². The number of hydrogen-bond acceptors (Lipinski definition) is 3. The van der Waals surface area contributed by atoms with E-state index in [1.165, 1.54) is 0 Å². The number of aromatic amines is 1. The molecule has 2 heterocycles. The summed E-state index contributed by atoms with van der Waals surface area (Å²) in [7, 11) is 1.87. The summed E-state index contributed by atoms with van der Waals surface area (Å²) in [6.45, 7) is 5.77. The first-order chi connectivity index (χ1) is 7.59. The molecule has 1 N–H and O–H groups in total. The monoisotopic (exact) mass is 232 g/mol. The van der Waals surface area contributed by atoms with E-state index in [0.717, 1.165) is 22.7 Å². The van der Waals surface area contributed by atoms with Gasteiger partial charge in [-0.05, 0) is 36.8 Å². The molecule has 0 aromatic carbocycles. The van der Waals surface area contributed by atoms with Crippen molar-refractivity contribution in [3.05, 3.63) is 35.4 Å². The van der Waals surface area contributed by atoms with Crippen LogP contribution in [0.2, 0.25) is 0 Å². The molecular weight excluding hydrogens is 220 g/mol. The Morgan fingerprint density at radius 2 is 2.25 bits per heavy atom. The van der Waals surface area contributed by atoms with E-state index in [0.29, 0.717) is 4.77 Å². The molecule has 0 fully saturated rings. The van der Waals surface area contributed by atoms with Gasteiger partial charge in [-0.15, -0.1) is 0 Å². The molecule has 16 heavy (non-hydrogen) atoms. The Balaban J connectivity index is 2.46. The normalized spacial score (nSPS) is 10.4. The molecule has 5 heteroatoms. The van der Waals surface area contributed by atoms with Crippen LogP contribution in [-0.4, -0.2) is 19.7 Å². The summed E-state index contributed by atoms with van der Waals surface area (Å²) in [6.07, 6.45) is 1.77. The van der Waals surface area contributed by atoms with Gasteiger partial charge in [-0.3, -0.25) is 10.1 Å². The van der Waals surface area contributed by atoms with Crippen LogP contribution in [-0.2, 0) is 7.05 Å². The van der Waals surface area contributed by atoms with Crippen LogP contribution >= 0.6 is 12.2 Å². The van der Waals surface area contributed by atoms with E-state index in [1.54, 1.807) is 6.20 Å². The van der Waals surface area contributed by atoms with Crippen LogP contribution in [0.15, 0.2) is 24.9 Å². The SMILES string of the molecule is C=C(C)c1ccc(-c2n[nH]c(=S)n2C)cn1. The molecular formula is C11H12N4S. The van der Waals surface area contributed by atoms with E-state index >= 15 is 0 Å². The molecule has 0 amide bonds. The summed E-state index contributed by atoms with van der Waals surface area (Å²) >= 11 is 5.05. The molecule has 0 aliphatic carbocycles. The molecule has 0 radical (unpaired) electrons. The minimum atomic E-state index is 0.596. The largest absolute Gasteiger partial charge is 0.303 e. The predicted octanol–water partition coefficient (Wildman–Crippen LogP) is 2.57. The zero-order valence-corrected chi connectivity index (χ0v) is 10.0. The molecule has 2 aromatic rings. The highest BCUT2D eigenvalue weighted by molar-refractivity contribution is 7.71. The molecule has 0 unspecified atom stereocenters. The van der Waals surface area contributed by atoms with Crippen LogP contribution in [0.1, 0.15) is 12.6 Å². The number of hydrogen-bond donors (Lipinski definition) is 1. The van der Waals surface area contributed by atoms with Crippen molar-refractivity contribution < 1.29 is 0 Å². The summed E-state index contributed by atoms with van der Waals surface area (Å²) < 4.78 is 2.41. The lowest BCUT2D eigenvalue weighted by molar-refractivity contribution is 0.901. The fourth-order valence-corrected chi connectivity index (χ4v) is 1.52. The lowest BCUT2D eigenvalue weighted by Gasteiger charge is -2.02. The van der Waals surface area contributed by atoms with E-state index in [2.05, 4.69) is 21.8 Å². The van der Waals surface area contributed by atoms with Crippen molar-refractivity contribution in [1.29, 1.82) is 0 Å². The van der Waals surface area contributed by atoms with Crippen LogP contribution in [0.3, 0.4) is 0 Å². The van der Waals surface area contributed by atoms with Gasteiger partial charge in [-0.25, -0.2) is 0 Å². The van der Waals surface area contributed by atoms with Gasteiger partial charge in [0.05, 0.1) is 5.69 Å². The van der Waals surface area contributed by atoms with Crippen LogP contribution in [0.4, 0.5) is 0 Å². The Hall–Kier alpha value is -1.75. The third-order valence-corrected chi connectivity index (χ3v) is 2.70. The summed E-state index contributed by atoms with van der Waals surface area (Å²) in [5.41, 5.74) is 2.77. The average molecular weight is 232 g/mol. The first-order valence-corrected chi connectivity index (χ1v) is 5.24. The Bertz CT molecular complexity index is 577. The minimum Gasteiger partial charge on any atom is -0.303 e. The van der Waals surface area contributed by atoms with Crippen molar-refractivity contribution in [2.45, 2.75) is 6.92 Å². The van der Waals surface area contributed by atoms with E-state index in [4.69, 9.17) is 12.2 Å². The van der Waals surface area contributed by atoms with Gasteiger partial charge in [0.1, 0.15) is 0 Å². The number of allylic oxidation sites excluding steroid dienone is 1. The molecule has 2 aromatic heterocycles. The van der Waals surface area contributed by atoms with Crippen LogP contribution in [0.25, 0.3) is 17.0 Å². The predicted molar refractivity (Wildman–Crippen MR) is 66.3 cm³/mol. The number of nitrogens with one attached hydrogen (secondary N) is 1. The average Bonchev–Trinajstić information content (AvgIpc) is 2.60. The molecule has 0 bridgehead atoms. The Morgan fingerprint density at radius 1 is 1.50 bits per heavy atom.